The van der Waals surface area contributed by atoms with Crippen molar-refractivity contribution in [3.63, 3.8) is 0 Å². The number of nitrogens with one attached hydrogen (secondary N) is 1. The van der Waals surface area contributed by atoms with Gasteiger partial charge in [-0.15, -0.1) is 0 Å². The van der Waals surface area contributed by atoms with Gasteiger partial charge in [-0.2, -0.15) is 9.40 Å². The van der Waals surface area contributed by atoms with E-state index in [1.165, 1.54) is 31.2 Å². The quantitative estimate of drug-likeness (QED) is 0.409. The summed E-state index contributed by atoms with van der Waals surface area (Å²) in [4.78, 5) is 22.1. The fourth-order valence-electron chi connectivity index (χ4n) is 2.08. The molecular formula is C18H23NO8P2. The lowest BCUT2D eigenvalue weighted by molar-refractivity contribution is -0.149. The minimum atomic E-state index is -4.89. The van der Waals surface area contributed by atoms with E-state index in [1.807, 2.05) is 0 Å². The van der Waals surface area contributed by atoms with E-state index in [-0.39, 0.29) is 11.5 Å². The standard InChI is InChI=1S/C18H23NO8P2/c1-14(2)24-18(20)15(3)19-28(21,25-16-10-6-4-7-11-16)27-29(22,23)26-17-12-8-5-9-13-17/h4-15H,1-3H3,(H,19,21)(H,22,23)/t15-,28-/m0/s1. The van der Waals surface area contributed by atoms with Crippen molar-refractivity contribution < 1.29 is 36.9 Å². The first-order valence-corrected chi connectivity index (χ1v) is 11.7. The maximum Gasteiger partial charge on any atom is 0.536 e. The Labute approximate surface area is 169 Å². The highest BCUT2D eigenvalue weighted by molar-refractivity contribution is 7.63. The SMILES string of the molecule is CC(C)OC(=O)[C@H](C)N[P@](=O)(Oc1ccccc1)OP(=O)(O)Oc1ccccc1. The Morgan fingerprint density at radius 2 is 1.38 bits per heavy atom. The maximum atomic E-state index is 13.2. The number of phosphoric acid groups is 1. The number of ether oxygens (including phenoxy) is 1. The summed E-state index contributed by atoms with van der Waals surface area (Å²) in [5.41, 5.74) is 0. The van der Waals surface area contributed by atoms with Gasteiger partial charge in [0.25, 0.3) is 0 Å². The predicted octanol–water partition coefficient (Wildman–Crippen LogP) is 4.30. The smallest absolute Gasteiger partial charge is 0.462 e. The molecule has 0 amide bonds. The zero-order valence-corrected chi connectivity index (χ0v) is 17.9. The van der Waals surface area contributed by atoms with Gasteiger partial charge in [-0.3, -0.25) is 9.69 Å². The van der Waals surface area contributed by atoms with Crippen LogP contribution in [0, 0.1) is 0 Å². The number of benzene rings is 2. The van der Waals surface area contributed by atoms with Crippen LogP contribution in [0.5, 0.6) is 11.5 Å². The summed E-state index contributed by atoms with van der Waals surface area (Å²) in [6.07, 6.45) is -0.410. The van der Waals surface area contributed by atoms with Gasteiger partial charge < -0.3 is 13.8 Å². The minimum absolute atomic E-state index is 0.0249. The molecule has 29 heavy (non-hydrogen) atoms. The van der Waals surface area contributed by atoms with Crippen LogP contribution in [-0.4, -0.2) is 23.0 Å². The van der Waals surface area contributed by atoms with E-state index >= 15 is 0 Å². The molecule has 0 saturated carbocycles. The van der Waals surface area contributed by atoms with Crippen molar-refractivity contribution in [3.8, 4) is 11.5 Å². The number of hydrogen-bond donors (Lipinski definition) is 2. The van der Waals surface area contributed by atoms with Gasteiger partial charge in [-0.05, 0) is 45.0 Å². The van der Waals surface area contributed by atoms with E-state index in [1.54, 1.807) is 50.2 Å². The molecule has 2 N–H and O–H groups in total. The van der Waals surface area contributed by atoms with Gasteiger partial charge in [0.05, 0.1) is 6.10 Å². The van der Waals surface area contributed by atoms with Crippen LogP contribution in [0.15, 0.2) is 60.7 Å². The third kappa shape index (κ3) is 8.01. The second-order valence-corrected chi connectivity index (χ2v) is 9.40. The normalized spacial score (nSPS) is 16.3. The fourth-order valence-corrected chi connectivity index (χ4v) is 5.04. The maximum absolute atomic E-state index is 13.2. The highest BCUT2D eigenvalue weighted by Crippen LogP contribution is 2.60. The third-order valence-electron chi connectivity index (χ3n) is 3.20. The Bertz CT molecular complexity index is 891. The summed E-state index contributed by atoms with van der Waals surface area (Å²) >= 11 is 0. The molecule has 0 radical (unpaired) electrons. The Balaban J connectivity index is 2.22. The molecule has 0 bridgehead atoms. The van der Waals surface area contributed by atoms with Crippen molar-refractivity contribution >= 4 is 21.5 Å². The molecule has 9 nitrogen and oxygen atoms in total. The van der Waals surface area contributed by atoms with Crippen LogP contribution in [0.4, 0.5) is 0 Å². The number of hydrogen-bond acceptors (Lipinski definition) is 7. The predicted molar refractivity (Wildman–Crippen MR) is 106 cm³/mol. The lowest BCUT2D eigenvalue weighted by Gasteiger charge is -2.24. The molecule has 2 aromatic rings. The summed E-state index contributed by atoms with van der Waals surface area (Å²) < 4.78 is 45.8. The van der Waals surface area contributed by atoms with Gasteiger partial charge in [0.1, 0.15) is 17.5 Å². The zero-order chi connectivity index (χ0) is 21.5. The molecule has 0 fully saturated rings. The summed E-state index contributed by atoms with van der Waals surface area (Å²) in [7, 11) is -9.43. The van der Waals surface area contributed by atoms with Gasteiger partial charge in [0.15, 0.2) is 0 Å². The molecule has 0 aliphatic rings. The summed E-state index contributed by atoms with van der Waals surface area (Å²) in [5.74, 6) is -0.624. The molecule has 0 heterocycles. The number of esters is 1. The van der Waals surface area contributed by atoms with Crippen LogP contribution in [0.1, 0.15) is 20.8 Å². The molecule has 158 valence electrons. The van der Waals surface area contributed by atoms with Crippen LogP contribution in [0.25, 0.3) is 0 Å². The molecular weight excluding hydrogens is 420 g/mol. The highest BCUT2D eigenvalue weighted by atomic mass is 31.3. The first-order valence-electron chi connectivity index (χ1n) is 8.70. The van der Waals surface area contributed by atoms with Crippen molar-refractivity contribution in [2.45, 2.75) is 32.9 Å². The van der Waals surface area contributed by atoms with Crippen LogP contribution < -0.4 is 14.1 Å². The first kappa shape index (κ1) is 23.1. The Morgan fingerprint density at radius 1 is 0.897 bits per heavy atom. The molecule has 2 rings (SSSR count). The topological polar surface area (TPSA) is 120 Å². The number of carbonyl (C=O) groups excluding carboxylic acids is 1. The van der Waals surface area contributed by atoms with Crippen LogP contribution in [-0.2, 0) is 23.0 Å². The summed E-state index contributed by atoms with van der Waals surface area (Å²) in [6, 6.07) is 14.4. The van der Waals surface area contributed by atoms with Crippen molar-refractivity contribution in [2.24, 2.45) is 0 Å². The molecule has 0 aliphatic carbocycles. The zero-order valence-electron chi connectivity index (χ0n) is 16.1. The fraction of sp³-hybridized carbons (Fsp3) is 0.278. The second kappa shape index (κ2) is 10.1. The van der Waals surface area contributed by atoms with Crippen molar-refractivity contribution in [3.05, 3.63) is 60.7 Å². The van der Waals surface area contributed by atoms with E-state index in [9.17, 15) is 18.8 Å². The summed E-state index contributed by atoms with van der Waals surface area (Å²) in [5, 5.41) is 2.31. The highest BCUT2D eigenvalue weighted by Gasteiger charge is 2.41. The molecule has 1 unspecified atom stereocenters. The second-order valence-electron chi connectivity index (χ2n) is 6.19. The Hall–Kier alpha value is -2.15. The van der Waals surface area contributed by atoms with Gasteiger partial charge in [-0.25, -0.2) is 9.13 Å². The summed E-state index contributed by atoms with van der Waals surface area (Å²) in [6.45, 7) is 4.66. The van der Waals surface area contributed by atoms with Crippen molar-refractivity contribution in [1.29, 1.82) is 0 Å². The van der Waals surface area contributed by atoms with Gasteiger partial charge in [0.2, 0.25) is 0 Å². The minimum Gasteiger partial charge on any atom is -0.462 e. The number of carbonyl (C=O) groups is 1. The lowest BCUT2D eigenvalue weighted by Crippen LogP contribution is -2.36. The Morgan fingerprint density at radius 3 is 1.86 bits per heavy atom. The lowest BCUT2D eigenvalue weighted by atomic mass is 10.3. The van der Waals surface area contributed by atoms with E-state index in [2.05, 4.69) is 5.09 Å². The Kier molecular flexibility index (Phi) is 8.02. The van der Waals surface area contributed by atoms with Gasteiger partial charge >= 0.3 is 21.5 Å². The van der Waals surface area contributed by atoms with Crippen molar-refractivity contribution in [2.75, 3.05) is 0 Å². The van der Waals surface area contributed by atoms with Crippen LogP contribution in [0.2, 0.25) is 0 Å². The average molecular weight is 443 g/mol. The van der Waals surface area contributed by atoms with Crippen LogP contribution in [0.3, 0.4) is 0 Å². The monoisotopic (exact) mass is 443 g/mol. The van der Waals surface area contributed by atoms with E-state index in [0.29, 0.717) is 0 Å². The van der Waals surface area contributed by atoms with E-state index < -0.39 is 33.7 Å². The molecule has 11 heteroatoms. The molecule has 0 aromatic heterocycles. The molecule has 0 spiro atoms. The number of rotatable bonds is 10. The molecule has 2 aromatic carbocycles. The largest absolute Gasteiger partial charge is 0.536 e. The number of phosphoric ester groups is 1. The third-order valence-corrected chi connectivity index (χ3v) is 6.48. The molecule has 3 atom stereocenters. The van der Waals surface area contributed by atoms with E-state index in [0.717, 1.165) is 0 Å². The van der Waals surface area contributed by atoms with Gasteiger partial charge in [-0.1, -0.05) is 36.4 Å². The van der Waals surface area contributed by atoms with Crippen molar-refractivity contribution in [1.82, 2.24) is 5.09 Å². The van der Waals surface area contributed by atoms with E-state index in [4.69, 9.17) is 18.1 Å². The van der Waals surface area contributed by atoms with Gasteiger partial charge in [0, 0.05) is 0 Å². The molecule has 0 saturated heterocycles. The molecule has 0 aliphatic heterocycles. The average Bonchev–Trinajstić information content (AvgIpc) is 2.61. The first-order chi connectivity index (χ1) is 13.6. The van der Waals surface area contributed by atoms with Crippen LogP contribution >= 0.6 is 15.6 Å². The number of para-hydroxylation sites is 2.